The van der Waals surface area contributed by atoms with Crippen molar-refractivity contribution in [2.24, 2.45) is 5.92 Å². The van der Waals surface area contributed by atoms with Crippen molar-refractivity contribution in [2.75, 3.05) is 23.3 Å². The number of halogens is 1. The molecule has 0 bridgehead atoms. The number of benzene rings is 2. The second kappa shape index (κ2) is 8.43. The van der Waals surface area contributed by atoms with Crippen LogP contribution < -0.4 is 10.2 Å². The SMILES string of the molecule is Cc1nn(-c2ccccc2)c2nc(N3CCC[C@H](C(=O)Nc4ccccc4Br)C3)sc12. The van der Waals surface area contributed by atoms with E-state index in [1.165, 1.54) is 0 Å². The van der Waals surface area contributed by atoms with Gasteiger partial charge in [0.1, 0.15) is 0 Å². The maximum Gasteiger partial charge on any atom is 0.229 e. The molecule has 1 aliphatic rings. The topological polar surface area (TPSA) is 63.1 Å². The number of anilines is 2. The molecule has 3 heterocycles. The molecule has 2 aromatic heterocycles. The van der Waals surface area contributed by atoms with Crippen LogP contribution in [0.5, 0.6) is 0 Å². The van der Waals surface area contributed by atoms with Gasteiger partial charge in [-0.25, -0.2) is 4.68 Å². The van der Waals surface area contributed by atoms with Gasteiger partial charge in [0, 0.05) is 17.6 Å². The van der Waals surface area contributed by atoms with E-state index in [0.717, 1.165) is 56.4 Å². The van der Waals surface area contributed by atoms with E-state index in [-0.39, 0.29) is 11.8 Å². The Labute approximate surface area is 193 Å². The first-order valence-electron chi connectivity index (χ1n) is 10.3. The van der Waals surface area contributed by atoms with Crippen molar-refractivity contribution in [1.82, 2.24) is 14.8 Å². The number of piperidine rings is 1. The monoisotopic (exact) mass is 495 g/mol. The van der Waals surface area contributed by atoms with Crippen molar-refractivity contribution in [2.45, 2.75) is 19.8 Å². The van der Waals surface area contributed by atoms with Gasteiger partial charge in [0.2, 0.25) is 5.91 Å². The summed E-state index contributed by atoms with van der Waals surface area (Å²) in [7, 11) is 0. The van der Waals surface area contributed by atoms with Crippen LogP contribution in [0.2, 0.25) is 0 Å². The Hall–Kier alpha value is -2.71. The van der Waals surface area contributed by atoms with E-state index in [1.807, 2.05) is 66.2 Å². The molecular weight excluding hydrogens is 474 g/mol. The van der Waals surface area contributed by atoms with Crippen LogP contribution in [0.3, 0.4) is 0 Å². The standard InChI is InChI=1S/C23H22BrN5OS/c1-15-20-21(29(27-15)17-9-3-2-4-10-17)26-23(31-20)28-13-7-8-16(14-28)22(30)25-19-12-6-5-11-18(19)24/h2-6,9-12,16H,7-8,13-14H2,1H3,(H,25,30)/t16-/m0/s1. The number of rotatable bonds is 4. The number of amides is 1. The molecule has 0 spiro atoms. The van der Waals surface area contributed by atoms with E-state index >= 15 is 0 Å². The Balaban J connectivity index is 1.38. The molecule has 1 fully saturated rings. The van der Waals surface area contributed by atoms with Gasteiger partial charge in [-0.3, -0.25) is 4.79 Å². The molecule has 2 aromatic carbocycles. The Kier molecular flexibility index (Phi) is 5.50. The van der Waals surface area contributed by atoms with Crippen molar-refractivity contribution in [3.8, 4) is 5.69 Å². The third kappa shape index (κ3) is 3.97. The molecule has 1 atom stereocenters. The number of hydrogen-bond donors (Lipinski definition) is 1. The quantitative estimate of drug-likeness (QED) is 0.411. The van der Waals surface area contributed by atoms with E-state index < -0.39 is 0 Å². The molecule has 6 nitrogen and oxygen atoms in total. The zero-order valence-corrected chi connectivity index (χ0v) is 19.5. The van der Waals surface area contributed by atoms with Gasteiger partial charge in [-0.2, -0.15) is 10.1 Å². The van der Waals surface area contributed by atoms with Crippen LogP contribution in [0.25, 0.3) is 16.0 Å². The maximum absolute atomic E-state index is 12.9. The van der Waals surface area contributed by atoms with Crippen LogP contribution in [0.15, 0.2) is 59.1 Å². The molecule has 1 amide bonds. The molecule has 1 N–H and O–H groups in total. The smallest absolute Gasteiger partial charge is 0.229 e. The fraction of sp³-hybridized carbons (Fsp3) is 0.261. The summed E-state index contributed by atoms with van der Waals surface area (Å²) in [4.78, 5) is 20.1. The molecule has 1 saturated heterocycles. The minimum atomic E-state index is -0.0698. The predicted molar refractivity (Wildman–Crippen MR) is 129 cm³/mol. The summed E-state index contributed by atoms with van der Waals surface area (Å²) in [5.74, 6) is -0.0102. The lowest BCUT2D eigenvalue weighted by Crippen LogP contribution is -2.40. The van der Waals surface area contributed by atoms with Gasteiger partial charge >= 0.3 is 0 Å². The van der Waals surface area contributed by atoms with Gasteiger partial charge in [-0.05, 0) is 60.0 Å². The number of nitrogens with zero attached hydrogens (tertiary/aromatic N) is 4. The minimum Gasteiger partial charge on any atom is -0.347 e. The maximum atomic E-state index is 12.9. The summed E-state index contributed by atoms with van der Waals surface area (Å²) in [5.41, 5.74) is 3.66. The lowest BCUT2D eigenvalue weighted by Gasteiger charge is -2.31. The van der Waals surface area contributed by atoms with Crippen LogP contribution in [-0.2, 0) is 4.79 Å². The number of carbonyl (C=O) groups is 1. The molecular formula is C23H22BrN5OS. The third-order valence-corrected chi connectivity index (χ3v) is 7.48. The van der Waals surface area contributed by atoms with Gasteiger partial charge in [0.15, 0.2) is 10.8 Å². The van der Waals surface area contributed by atoms with Crippen molar-refractivity contribution in [3.05, 3.63) is 64.8 Å². The number of thiazole rings is 1. The van der Waals surface area contributed by atoms with E-state index in [1.54, 1.807) is 11.3 Å². The van der Waals surface area contributed by atoms with Crippen molar-refractivity contribution >= 4 is 54.3 Å². The van der Waals surface area contributed by atoms with Crippen molar-refractivity contribution in [3.63, 3.8) is 0 Å². The van der Waals surface area contributed by atoms with Gasteiger partial charge in [0.25, 0.3) is 0 Å². The highest BCUT2D eigenvalue weighted by Gasteiger charge is 2.28. The zero-order valence-electron chi connectivity index (χ0n) is 17.1. The molecule has 0 radical (unpaired) electrons. The Morgan fingerprint density at radius 3 is 2.74 bits per heavy atom. The Bertz CT molecular complexity index is 1240. The van der Waals surface area contributed by atoms with Crippen molar-refractivity contribution in [1.29, 1.82) is 0 Å². The van der Waals surface area contributed by atoms with E-state index in [9.17, 15) is 4.79 Å². The van der Waals surface area contributed by atoms with Gasteiger partial charge < -0.3 is 10.2 Å². The van der Waals surface area contributed by atoms with Gasteiger partial charge in [0.05, 0.1) is 27.7 Å². The van der Waals surface area contributed by atoms with Gasteiger partial charge in [-0.15, -0.1) is 0 Å². The van der Waals surface area contributed by atoms with Crippen LogP contribution >= 0.6 is 27.3 Å². The molecule has 31 heavy (non-hydrogen) atoms. The average molecular weight is 496 g/mol. The predicted octanol–water partition coefficient (Wildman–Crippen LogP) is 5.41. The molecule has 1 aliphatic heterocycles. The number of aryl methyl sites for hydroxylation is 1. The van der Waals surface area contributed by atoms with Gasteiger partial charge in [-0.1, -0.05) is 41.7 Å². The minimum absolute atomic E-state index is 0.0596. The number of para-hydroxylation sites is 2. The van der Waals surface area contributed by atoms with Crippen LogP contribution in [-0.4, -0.2) is 33.8 Å². The second-order valence-corrected chi connectivity index (χ2v) is 9.57. The molecule has 4 aromatic rings. The molecule has 5 rings (SSSR count). The summed E-state index contributed by atoms with van der Waals surface area (Å²) in [6, 6.07) is 17.8. The summed E-state index contributed by atoms with van der Waals surface area (Å²) < 4.78 is 3.90. The van der Waals surface area contributed by atoms with E-state index in [0.29, 0.717) is 6.54 Å². The van der Waals surface area contributed by atoms with E-state index in [4.69, 9.17) is 4.98 Å². The molecule has 0 aliphatic carbocycles. The molecule has 0 saturated carbocycles. The largest absolute Gasteiger partial charge is 0.347 e. The fourth-order valence-corrected chi connectivity index (χ4v) is 5.38. The molecule has 8 heteroatoms. The average Bonchev–Trinajstić information content (AvgIpc) is 3.37. The number of carbonyl (C=O) groups excluding carboxylic acids is 1. The molecule has 158 valence electrons. The number of fused-ring (bicyclic) bond motifs is 1. The van der Waals surface area contributed by atoms with Crippen LogP contribution in [0.4, 0.5) is 10.8 Å². The van der Waals surface area contributed by atoms with Crippen LogP contribution in [0.1, 0.15) is 18.5 Å². The zero-order chi connectivity index (χ0) is 21.4. The second-order valence-electron chi connectivity index (χ2n) is 7.74. The lowest BCUT2D eigenvalue weighted by molar-refractivity contribution is -0.120. The Morgan fingerprint density at radius 2 is 1.94 bits per heavy atom. The number of hydrogen-bond acceptors (Lipinski definition) is 5. The first kappa shape index (κ1) is 20.2. The first-order valence-corrected chi connectivity index (χ1v) is 11.9. The van der Waals surface area contributed by atoms with Crippen LogP contribution in [0, 0.1) is 12.8 Å². The normalized spacial score (nSPS) is 16.6. The number of aromatic nitrogens is 3. The summed E-state index contributed by atoms with van der Waals surface area (Å²) >= 11 is 5.16. The number of nitrogens with one attached hydrogen (secondary N) is 1. The summed E-state index contributed by atoms with van der Waals surface area (Å²) in [6.07, 6.45) is 1.85. The highest BCUT2D eigenvalue weighted by molar-refractivity contribution is 9.10. The molecule has 0 unspecified atom stereocenters. The third-order valence-electron chi connectivity index (χ3n) is 5.57. The fourth-order valence-electron chi connectivity index (χ4n) is 3.97. The first-order chi connectivity index (χ1) is 15.1. The Morgan fingerprint density at radius 1 is 1.16 bits per heavy atom. The van der Waals surface area contributed by atoms with E-state index in [2.05, 4.69) is 31.2 Å². The summed E-state index contributed by atoms with van der Waals surface area (Å²) in [6.45, 7) is 3.60. The lowest BCUT2D eigenvalue weighted by atomic mass is 9.97. The summed E-state index contributed by atoms with van der Waals surface area (Å²) in [5, 5.41) is 8.71. The highest BCUT2D eigenvalue weighted by atomic mass is 79.9. The van der Waals surface area contributed by atoms with Crippen molar-refractivity contribution < 1.29 is 4.79 Å². The highest BCUT2D eigenvalue weighted by Crippen LogP contribution is 2.34.